The van der Waals surface area contributed by atoms with Crippen LogP contribution in [0, 0.1) is 0 Å². The molecule has 0 radical (unpaired) electrons. The van der Waals surface area contributed by atoms with Crippen LogP contribution in [0.2, 0.25) is 6.04 Å². The summed E-state index contributed by atoms with van der Waals surface area (Å²) in [4.78, 5) is 0. The molecule has 5 heteroatoms. The van der Waals surface area contributed by atoms with Gasteiger partial charge in [-0.3, -0.25) is 0 Å². The molecular formula is C9H24N2O2Si. The van der Waals surface area contributed by atoms with Gasteiger partial charge >= 0.3 is 8.56 Å². The van der Waals surface area contributed by atoms with Crippen LogP contribution in [0.5, 0.6) is 0 Å². The predicted molar refractivity (Wildman–Crippen MR) is 61.1 cm³/mol. The van der Waals surface area contributed by atoms with E-state index in [0.717, 1.165) is 18.9 Å². The monoisotopic (exact) mass is 220 g/mol. The van der Waals surface area contributed by atoms with Crippen LogP contribution in [0.4, 0.5) is 0 Å². The van der Waals surface area contributed by atoms with Crippen LogP contribution in [0.25, 0.3) is 0 Å². The Labute approximate surface area is 88.2 Å². The lowest BCUT2D eigenvalue weighted by Gasteiger charge is -2.32. The predicted octanol–water partition coefficient (Wildman–Crippen LogP) is 0.735. The van der Waals surface area contributed by atoms with Gasteiger partial charge in [0.25, 0.3) is 0 Å². The number of rotatable bonds is 7. The number of nitrogens with two attached hydrogens (primary N) is 2. The average molecular weight is 220 g/mol. The van der Waals surface area contributed by atoms with Crippen molar-refractivity contribution < 1.29 is 8.85 Å². The summed E-state index contributed by atoms with van der Waals surface area (Å²) < 4.78 is 11.0. The average Bonchev–Trinajstić information content (AvgIpc) is 2.14. The molecule has 0 saturated heterocycles. The molecule has 0 spiro atoms. The van der Waals surface area contributed by atoms with E-state index in [0.29, 0.717) is 0 Å². The van der Waals surface area contributed by atoms with Crippen molar-refractivity contribution in [2.45, 2.75) is 44.4 Å². The van der Waals surface area contributed by atoms with Gasteiger partial charge in [-0.25, -0.2) is 0 Å². The summed E-state index contributed by atoms with van der Waals surface area (Å²) in [7, 11) is 1.06. The lowest BCUT2D eigenvalue weighted by molar-refractivity contribution is 0.228. The number of hydrogen-bond acceptors (Lipinski definition) is 4. The molecule has 0 bridgehead atoms. The minimum Gasteiger partial charge on any atom is -0.397 e. The van der Waals surface area contributed by atoms with Crippen LogP contribution in [-0.4, -0.2) is 34.5 Å². The van der Waals surface area contributed by atoms with Gasteiger partial charge in [-0.05, 0) is 13.3 Å². The van der Waals surface area contributed by atoms with Gasteiger partial charge in [-0.15, -0.1) is 0 Å². The fraction of sp³-hybridized carbons (Fsp3) is 1.00. The molecule has 0 aromatic carbocycles. The summed E-state index contributed by atoms with van der Waals surface area (Å²) in [5.41, 5.74) is 11.8. The SMILES string of the molecule is CCCC(N)C[Si](OC)(OC)C(C)N. The Morgan fingerprint density at radius 1 is 1.21 bits per heavy atom. The normalized spacial score (nSPS) is 16.7. The lowest BCUT2D eigenvalue weighted by Crippen LogP contribution is -2.57. The highest BCUT2D eigenvalue weighted by Crippen LogP contribution is 2.18. The molecular weight excluding hydrogens is 196 g/mol. The van der Waals surface area contributed by atoms with Gasteiger partial charge in [-0.2, -0.15) is 0 Å². The summed E-state index contributed by atoms with van der Waals surface area (Å²) in [6, 6.07) is 0.906. The molecule has 86 valence electrons. The van der Waals surface area contributed by atoms with Crippen LogP contribution in [0.3, 0.4) is 0 Å². The molecule has 0 fully saturated rings. The zero-order valence-corrected chi connectivity index (χ0v) is 10.7. The minimum absolute atomic E-state index is 0.0552. The Balaban J connectivity index is 4.34. The van der Waals surface area contributed by atoms with E-state index in [9.17, 15) is 0 Å². The van der Waals surface area contributed by atoms with Crippen LogP contribution >= 0.6 is 0 Å². The highest BCUT2D eigenvalue weighted by molar-refractivity contribution is 6.69. The van der Waals surface area contributed by atoms with E-state index < -0.39 is 8.56 Å². The van der Waals surface area contributed by atoms with E-state index in [1.54, 1.807) is 14.2 Å². The van der Waals surface area contributed by atoms with Gasteiger partial charge in [0.2, 0.25) is 0 Å². The highest BCUT2D eigenvalue weighted by Gasteiger charge is 2.41. The van der Waals surface area contributed by atoms with Crippen molar-refractivity contribution in [1.82, 2.24) is 0 Å². The Hall–Kier alpha value is 0.0569. The smallest absolute Gasteiger partial charge is 0.356 e. The molecule has 0 rings (SSSR count). The fourth-order valence-electron chi connectivity index (χ4n) is 1.65. The van der Waals surface area contributed by atoms with Crippen molar-refractivity contribution in [2.75, 3.05) is 14.2 Å². The second-order valence-corrected chi connectivity index (χ2v) is 7.52. The van der Waals surface area contributed by atoms with Crippen molar-refractivity contribution >= 4 is 8.56 Å². The zero-order valence-electron chi connectivity index (χ0n) is 9.75. The Morgan fingerprint density at radius 2 is 1.71 bits per heavy atom. The molecule has 0 aliphatic rings. The van der Waals surface area contributed by atoms with Gasteiger partial charge in [0, 0.05) is 32.0 Å². The third-order valence-electron chi connectivity index (χ3n) is 2.59. The quantitative estimate of drug-likeness (QED) is 0.621. The van der Waals surface area contributed by atoms with Crippen LogP contribution < -0.4 is 11.5 Å². The standard InChI is InChI=1S/C9H24N2O2Si/c1-5-6-9(11)7-14(12-3,13-4)8(2)10/h8-9H,5-7,10-11H2,1-4H3. The Kier molecular flexibility index (Phi) is 6.55. The number of hydrogen-bond donors (Lipinski definition) is 2. The third-order valence-corrected chi connectivity index (χ3v) is 6.45. The summed E-state index contributed by atoms with van der Waals surface area (Å²) in [5.74, 6) is 0. The molecule has 2 atom stereocenters. The molecule has 0 aromatic rings. The first-order chi connectivity index (χ1) is 6.52. The van der Waals surface area contributed by atoms with Crippen LogP contribution in [0.1, 0.15) is 26.7 Å². The topological polar surface area (TPSA) is 70.5 Å². The van der Waals surface area contributed by atoms with Gasteiger partial charge in [0.05, 0.1) is 0 Å². The summed E-state index contributed by atoms with van der Waals surface area (Å²) >= 11 is 0. The van der Waals surface area contributed by atoms with E-state index >= 15 is 0 Å². The third kappa shape index (κ3) is 3.66. The Morgan fingerprint density at radius 3 is 2.00 bits per heavy atom. The van der Waals surface area contributed by atoms with Gasteiger partial charge in [0.1, 0.15) is 0 Å². The first kappa shape index (κ1) is 14.1. The fourth-order valence-corrected chi connectivity index (χ4v) is 4.20. The maximum Gasteiger partial charge on any atom is 0.356 e. The largest absolute Gasteiger partial charge is 0.397 e. The minimum atomic E-state index is -2.27. The van der Waals surface area contributed by atoms with Crippen molar-refractivity contribution in [2.24, 2.45) is 11.5 Å². The van der Waals surface area contributed by atoms with Crippen molar-refractivity contribution in [3.05, 3.63) is 0 Å². The van der Waals surface area contributed by atoms with Gasteiger partial charge < -0.3 is 20.3 Å². The zero-order chi connectivity index (χ0) is 11.2. The highest BCUT2D eigenvalue weighted by atomic mass is 28.4. The van der Waals surface area contributed by atoms with Crippen molar-refractivity contribution in [3.63, 3.8) is 0 Å². The van der Waals surface area contributed by atoms with E-state index in [-0.39, 0.29) is 11.7 Å². The van der Waals surface area contributed by atoms with E-state index in [4.69, 9.17) is 20.3 Å². The molecule has 0 aromatic heterocycles. The van der Waals surface area contributed by atoms with E-state index in [2.05, 4.69) is 6.92 Å². The summed E-state index contributed by atoms with van der Waals surface area (Å²) in [6.07, 6.45) is 2.08. The first-order valence-corrected chi connectivity index (χ1v) is 7.24. The molecule has 2 unspecified atom stereocenters. The second-order valence-electron chi connectivity index (χ2n) is 3.76. The molecule has 4 N–H and O–H groups in total. The first-order valence-electron chi connectivity index (χ1n) is 5.13. The van der Waals surface area contributed by atoms with Crippen molar-refractivity contribution in [3.8, 4) is 0 Å². The van der Waals surface area contributed by atoms with Crippen LogP contribution in [-0.2, 0) is 8.85 Å². The summed E-state index contributed by atoms with van der Waals surface area (Å²) in [5, 5.41) is 0. The molecule has 0 aliphatic heterocycles. The second kappa shape index (κ2) is 6.52. The maximum atomic E-state index is 5.98. The molecule has 0 saturated carbocycles. The molecule has 0 aliphatic carbocycles. The van der Waals surface area contributed by atoms with Gasteiger partial charge in [0.15, 0.2) is 0 Å². The van der Waals surface area contributed by atoms with Crippen molar-refractivity contribution in [1.29, 1.82) is 0 Å². The lowest BCUT2D eigenvalue weighted by atomic mass is 10.2. The van der Waals surface area contributed by atoms with Crippen LogP contribution in [0.15, 0.2) is 0 Å². The molecule has 0 heterocycles. The Bertz CT molecular complexity index is 152. The molecule has 4 nitrogen and oxygen atoms in total. The maximum absolute atomic E-state index is 5.98. The molecule has 0 amide bonds. The van der Waals surface area contributed by atoms with E-state index in [1.807, 2.05) is 6.92 Å². The van der Waals surface area contributed by atoms with E-state index in [1.165, 1.54) is 0 Å². The van der Waals surface area contributed by atoms with Gasteiger partial charge in [-0.1, -0.05) is 13.3 Å². The summed E-state index contributed by atoms with van der Waals surface area (Å²) in [6.45, 7) is 4.05. The molecule has 14 heavy (non-hydrogen) atoms.